The van der Waals surface area contributed by atoms with Gasteiger partial charge in [-0.3, -0.25) is 4.90 Å². The van der Waals surface area contributed by atoms with Crippen LogP contribution in [0.2, 0.25) is 0 Å². The normalized spacial score (nSPS) is 37.3. The maximum atomic E-state index is 10.5. The standard InChI is InChI=1S/C14H27NO/c1-3-12-5-7-14(16,8-6-12)11-15-9-13(4-2)10-15/h12-13,16H,3-11H2,1-2H3. The minimum atomic E-state index is -0.357. The van der Waals surface area contributed by atoms with Crippen LogP contribution in [-0.4, -0.2) is 35.2 Å². The second-order valence-corrected chi connectivity index (χ2v) is 6.04. The topological polar surface area (TPSA) is 23.5 Å². The van der Waals surface area contributed by atoms with Crippen LogP contribution in [0.5, 0.6) is 0 Å². The highest BCUT2D eigenvalue weighted by atomic mass is 16.3. The molecule has 0 spiro atoms. The molecule has 0 bridgehead atoms. The van der Waals surface area contributed by atoms with Crippen molar-refractivity contribution in [3.05, 3.63) is 0 Å². The predicted octanol–water partition coefficient (Wildman–Crippen LogP) is 2.66. The summed E-state index contributed by atoms with van der Waals surface area (Å²) in [5.41, 5.74) is -0.357. The Morgan fingerprint density at radius 3 is 2.12 bits per heavy atom. The average Bonchev–Trinajstić information content (AvgIpc) is 2.24. The van der Waals surface area contributed by atoms with Crippen LogP contribution in [-0.2, 0) is 0 Å². The fourth-order valence-electron chi connectivity index (χ4n) is 3.26. The summed E-state index contributed by atoms with van der Waals surface area (Å²) in [6, 6.07) is 0. The highest BCUT2D eigenvalue weighted by molar-refractivity contribution is 4.91. The molecule has 0 amide bonds. The molecule has 1 saturated heterocycles. The fraction of sp³-hybridized carbons (Fsp3) is 1.00. The zero-order chi connectivity index (χ0) is 11.6. The van der Waals surface area contributed by atoms with Crippen LogP contribution in [0.1, 0.15) is 52.4 Å². The smallest absolute Gasteiger partial charge is 0.0774 e. The van der Waals surface area contributed by atoms with Crippen molar-refractivity contribution in [3.63, 3.8) is 0 Å². The molecule has 0 atom stereocenters. The number of rotatable bonds is 4. The first-order valence-electron chi connectivity index (χ1n) is 7.10. The summed E-state index contributed by atoms with van der Waals surface area (Å²) in [6.07, 6.45) is 7.11. The Morgan fingerprint density at radius 1 is 1.06 bits per heavy atom. The monoisotopic (exact) mass is 225 g/mol. The lowest BCUT2D eigenvalue weighted by Gasteiger charge is -2.45. The third kappa shape index (κ3) is 2.78. The molecule has 1 saturated carbocycles. The van der Waals surface area contributed by atoms with E-state index in [0.29, 0.717) is 0 Å². The highest BCUT2D eigenvalue weighted by Crippen LogP contribution is 2.35. The molecular formula is C14H27NO. The van der Waals surface area contributed by atoms with Gasteiger partial charge < -0.3 is 5.11 Å². The summed E-state index contributed by atoms with van der Waals surface area (Å²) in [6.45, 7) is 7.91. The van der Waals surface area contributed by atoms with Crippen LogP contribution < -0.4 is 0 Å². The number of hydrogen-bond acceptors (Lipinski definition) is 2. The van der Waals surface area contributed by atoms with Crippen LogP contribution in [0.15, 0.2) is 0 Å². The lowest BCUT2D eigenvalue weighted by molar-refractivity contribution is -0.0614. The van der Waals surface area contributed by atoms with Gasteiger partial charge in [-0.2, -0.15) is 0 Å². The van der Waals surface area contributed by atoms with Gasteiger partial charge in [-0.1, -0.05) is 26.7 Å². The van der Waals surface area contributed by atoms with Crippen molar-refractivity contribution in [1.82, 2.24) is 4.90 Å². The Kier molecular flexibility index (Phi) is 3.91. The first kappa shape index (κ1) is 12.4. The molecule has 2 heteroatoms. The third-order valence-electron chi connectivity index (χ3n) is 4.74. The van der Waals surface area contributed by atoms with Crippen molar-refractivity contribution in [3.8, 4) is 0 Å². The molecule has 1 N–H and O–H groups in total. The molecule has 0 aromatic carbocycles. The van der Waals surface area contributed by atoms with Crippen molar-refractivity contribution in [2.24, 2.45) is 11.8 Å². The van der Waals surface area contributed by atoms with E-state index in [2.05, 4.69) is 18.7 Å². The fourth-order valence-corrected chi connectivity index (χ4v) is 3.26. The van der Waals surface area contributed by atoms with E-state index in [4.69, 9.17) is 0 Å². The highest BCUT2D eigenvalue weighted by Gasteiger charge is 2.37. The second kappa shape index (κ2) is 5.05. The van der Waals surface area contributed by atoms with E-state index in [-0.39, 0.29) is 5.60 Å². The first-order valence-corrected chi connectivity index (χ1v) is 7.10. The maximum absolute atomic E-state index is 10.5. The van der Waals surface area contributed by atoms with Crippen molar-refractivity contribution in [2.45, 2.75) is 58.0 Å². The minimum Gasteiger partial charge on any atom is -0.389 e. The van der Waals surface area contributed by atoms with Gasteiger partial charge in [-0.25, -0.2) is 0 Å². The summed E-state index contributed by atoms with van der Waals surface area (Å²) in [4.78, 5) is 2.44. The molecule has 1 heterocycles. The number of hydrogen-bond donors (Lipinski definition) is 1. The van der Waals surface area contributed by atoms with Crippen LogP contribution in [0.4, 0.5) is 0 Å². The maximum Gasteiger partial charge on any atom is 0.0774 e. The molecular weight excluding hydrogens is 198 g/mol. The molecule has 2 aliphatic rings. The first-order chi connectivity index (χ1) is 7.65. The molecule has 2 nitrogen and oxygen atoms in total. The zero-order valence-corrected chi connectivity index (χ0v) is 10.9. The lowest BCUT2D eigenvalue weighted by Crippen LogP contribution is -2.54. The van der Waals surface area contributed by atoms with Crippen molar-refractivity contribution in [1.29, 1.82) is 0 Å². The Balaban J connectivity index is 1.73. The van der Waals surface area contributed by atoms with Gasteiger partial charge in [0, 0.05) is 19.6 Å². The molecule has 16 heavy (non-hydrogen) atoms. The third-order valence-corrected chi connectivity index (χ3v) is 4.74. The van der Waals surface area contributed by atoms with E-state index in [0.717, 1.165) is 31.2 Å². The second-order valence-electron chi connectivity index (χ2n) is 6.04. The van der Waals surface area contributed by atoms with Gasteiger partial charge in [0.25, 0.3) is 0 Å². The number of aliphatic hydroxyl groups is 1. The summed E-state index contributed by atoms with van der Waals surface area (Å²) >= 11 is 0. The summed E-state index contributed by atoms with van der Waals surface area (Å²) in [5, 5.41) is 10.5. The predicted molar refractivity (Wildman–Crippen MR) is 67.4 cm³/mol. The van der Waals surface area contributed by atoms with Gasteiger partial charge in [-0.15, -0.1) is 0 Å². The Bertz CT molecular complexity index is 215. The van der Waals surface area contributed by atoms with Gasteiger partial charge in [0.15, 0.2) is 0 Å². The van der Waals surface area contributed by atoms with E-state index >= 15 is 0 Å². The van der Waals surface area contributed by atoms with Crippen molar-refractivity contribution in [2.75, 3.05) is 19.6 Å². The van der Waals surface area contributed by atoms with Gasteiger partial charge in [0.05, 0.1) is 5.60 Å². The number of β-amino-alcohol motifs (C(OH)–C–C–N with tert-alkyl or cyclic N) is 1. The van der Waals surface area contributed by atoms with Crippen molar-refractivity contribution < 1.29 is 5.11 Å². The summed E-state index contributed by atoms with van der Waals surface area (Å²) < 4.78 is 0. The summed E-state index contributed by atoms with van der Waals surface area (Å²) in [5.74, 6) is 1.77. The van der Waals surface area contributed by atoms with Gasteiger partial charge in [0.1, 0.15) is 0 Å². The van der Waals surface area contributed by atoms with E-state index < -0.39 is 0 Å². The average molecular weight is 225 g/mol. The minimum absolute atomic E-state index is 0.357. The summed E-state index contributed by atoms with van der Waals surface area (Å²) in [7, 11) is 0. The molecule has 0 unspecified atom stereocenters. The van der Waals surface area contributed by atoms with Gasteiger partial charge in [-0.05, 0) is 37.5 Å². The SMILES string of the molecule is CCC1CCC(O)(CN2CC(CC)C2)CC1. The van der Waals surface area contributed by atoms with Crippen LogP contribution in [0.3, 0.4) is 0 Å². The van der Waals surface area contributed by atoms with Gasteiger partial charge >= 0.3 is 0 Å². The van der Waals surface area contributed by atoms with E-state index in [1.807, 2.05) is 0 Å². The van der Waals surface area contributed by atoms with Crippen LogP contribution >= 0.6 is 0 Å². The van der Waals surface area contributed by atoms with Crippen molar-refractivity contribution >= 4 is 0 Å². The molecule has 0 aromatic heterocycles. The molecule has 2 fully saturated rings. The van der Waals surface area contributed by atoms with Crippen LogP contribution in [0.25, 0.3) is 0 Å². The Labute approximate surface area is 100 Å². The number of nitrogens with zero attached hydrogens (tertiary/aromatic N) is 1. The van der Waals surface area contributed by atoms with E-state index in [1.165, 1.54) is 38.8 Å². The lowest BCUT2D eigenvalue weighted by atomic mass is 9.77. The van der Waals surface area contributed by atoms with Crippen LogP contribution in [0, 0.1) is 11.8 Å². The quantitative estimate of drug-likeness (QED) is 0.795. The van der Waals surface area contributed by atoms with E-state index in [1.54, 1.807) is 0 Å². The van der Waals surface area contributed by atoms with Gasteiger partial charge in [0.2, 0.25) is 0 Å². The molecule has 2 rings (SSSR count). The molecule has 1 aliphatic carbocycles. The molecule has 94 valence electrons. The molecule has 1 aliphatic heterocycles. The largest absolute Gasteiger partial charge is 0.389 e. The zero-order valence-electron chi connectivity index (χ0n) is 10.9. The molecule has 0 radical (unpaired) electrons. The Hall–Kier alpha value is -0.0800. The Morgan fingerprint density at radius 2 is 1.62 bits per heavy atom. The number of likely N-dealkylation sites (tertiary alicyclic amines) is 1. The molecule has 0 aromatic rings. The van der Waals surface area contributed by atoms with E-state index in [9.17, 15) is 5.11 Å².